The Bertz CT molecular complexity index is 659. The van der Waals surface area contributed by atoms with Crippen molar-refractivity contribution in [2.45, 2.75) is 104 Å². The average Bonchev–Trinajstić information content (AvgIpc) is 3.14. The molecule has 0 aromatic heterocycles. The fourth-order valence-corrected chi connectivity index (χ4v) is 8.99. The van der Waals surface area contributed by atoms with Crippen LogP contribution >= 0.6 is 0 Å². The first kappa shape index (κ1) is 24.7. The highest BCUT2D eigenvalue weighted by molar-refractivity contribution is 5.25. The van der Waals surface area contributed by atoms with Crippen LogP contribution in [0.15, 0.2) is 11.6 Å². The van der Waals surface area contributed by atoms with E-state index in [1.54, 1.807) is 12.7 Å². The van der Waals surface area contributed by atoms with E-state index in [9.17, 15) is 5.11 Å². The fourth-order valence-electron chi connectivity index (χ4n) is 8.99. The fraction of sp³-hybridized carbons (Fsp3) is 0.931. The van der Waals surface area contributed by atoms with Crippen LogP contribution in [-0.4, -0.2) is 31.7 Å². The zero-order chi connectivity index (χ0) is 22.9. The standard InChI is InChI=1S/C29H50O3/c1-20(18-30)7-6-8-21(2)25-11-12-26-24-10-9-22-17-23(32-19-31-5)13-15-28(22,3)27(24)14-16-29(25,26)4/h9,20-21,23-27,30H,6-8,10-19H2,1-5H3/t20-,21-,23+,24+,25-,26+,27+,28+,29-/m1/s1. The molecule has 3 heteroatoms. The van der Waals surface area contributed by atoms with Crippen LogP contribution < -0.4 is 0 Å². The molecule has 32 heavy (non-hydrogen) atoms. The molecule has 0 heterocycles. The second kappa shape index (κ2) is 10.1. The van der Waals surface area contributed by atoms with E-state index < -0.39 is 0 Å². The summed E-state index contributed by atoms with van der Waals surface area (Å²) in [6.45, 7) is 10.8. The normalized spacial score (nSPS) is 43.1. The van der Waals surface area contributed by atoms with Gasteiger partial charge < -0.3 is 14.6 Å². The first-order chi connectivity index (χ1) is 15.3. The lowest BCUT2D eigenvalue weighted by molar-refractivity contribution is -0.0985. The van der Waals surface area contributed by atoms with Crippen LogP contribution in [0.1, 0.15) is 98.3 Å². The zero-order valence-electron chi connectivity index (χ0n) is 21.6. The monoisotopic (exact) mass is 446 g/mol. The molecule has 4 aliphatic carbocycles. The molecule has 0 aromatic carbocycles. The first-order valence-electron chi connectivity index (χ1n) is 13.7. The maximum absolute atomic E-state index is 9.36. The minimum atomic E-state index is 0.341. The molecule has 0 unspecified atom stereocenters. The molecule has 1 N–H and O–H groups in total. The van der Waals surface area contributed by atoms with Gasteiger partial charge in [-0.3, -0.25) is 0 Å². The Balaban J connectivity index is 1.42. The van der Waals surface area contributed by atoms with Gasteiger partial charge in [-0.1, -0.05) is 52.2 Å². The summed E-state index contributed by atoms with van der Waals surface area (Å²) in [5, 5.41) is 9.36. The van der Waals surface area contributed by atoms with Gasteiger partial charge in [0.05, 0.1) is 6.10 Å². The third-order valence-electron chi connectivity index (χ3n) is 10.9. The van der Waals surface area contributed by atoms with Gasteiger partial charge in [-0.25, -0.2) is 0 Å². The van der Waals surface area contributed by atoms with E-state index in [1.165, 1.54) is 64.2 Å². The van der Waals surface area contributed by atoms with Crippen LogP contribution in [0.5, 0.6) is 0 Å². The maximum atomic E-state index is 9.36. The second-order valence-corrected chi connectivity index (χ2v) is 12.6. The highest BCUT2D eigenvalue weighted by atomic mass is 16.7. The molecule has 0 spiro atoms. The number of aliphatic hydroxyl groups excluding tert-OH is 1. The van der Waals surface area contributed by atoms with E-state index in [0.717, 1.165) is 36.0 Å². The van der Waals surface area contributed by atoms with Crippen molar-refractivity contribution < 1.29 is 14.6 Å². The van der Waals surface area contributed by atoms with Crippen molar-refractivity contribution in [2.75, 3.05) is 20.5 Å². The number of aliphatic hydroxyl groups is 1. The molecule has 0 radical (unpaired) electrons. The van der Waals surface area contributed by atoms with Crippen molar-refractivity contribution in [3.8, 4) is 0 Å². The molecule has 3 nitrogen and oxygen atoms in total. The average molecular weight is 447 g/mol. The lowest BCUT2D eigenvalue weighted by atomic mass is 9.47. The smallest absolute Gasteiger partial charge is 0.146 e. The number of rotatable bonds is 9. The molecule has 3 fully saturated rings. The largest absolute Gasteiger partial charge is 0.396 e. The highest BCUT2D eigenvalue weighted by Gasteiger charge is 2.59. The van der Waals surface area contributed by atoms with Gasteiger partial charge in [0, 0.05) is 13.7 Å². The van der Waals surface area contributed by atoms with Crippen LogP contribution in [0, 0.1) is 46.3 Å². The minimum Gasteiger partial charge on any atom is -0.396 e. The molecule has 4 aliphatic rings. The van der Waals surface area contributed by atoms with Crippen molar-refractivity contribution in [2.24, 2.45) is 46.3 Å². The SMILES string of the molecule is COCO[C@H]1CC[C@@]2(C)C(=CC[C@H]3[C@@H]4CC[C@H]([C@H](C)CCC[C@@H](C)CO)[C@@]4(C)CC[C@@H]32)C1. The van der Waals surface area contributed by atoms with Crippen LogP contribution in [0.25, 0.3) is 0 Å². The molecule has 9 atom stereocenters. The Labute approximate surface area is 197 Å². The molecule has 3 saturated carbocycles. The van der Waals surface area contributed by atoms with Crippen molar-refractivity contribution in [3.63, 3.8) is 0 Å². The Morgan fingerprint density at radius 2 is 1.88 bits per heavy atom. The van der Waals surface area contributed by atoms with Gasteiger partial charge >= 0.3 is 0 Å². The summed E-state index contributed by atoms with van der Waals surface area (Å²) < 4.78 is 11.1. The van der Waals surface area contributed by atoms with Crippen LogP contribution in [0.3, 0.4) is 0 Å². The van der Waals surface area contributed by atoms with E-state index in [4.69, 9.17) is 9.47 Å². The quantitative estimate of drug-likeness (QED) is 0.306. The molecule has 0 aromatic rings. The van der Waals surface area contributed by atoms with E-state index >= 15 is 0 Å². The Kier molecular flexibility index (Phi) is 7.79. The summed E-state index contributed by atoms with van der Waals surface area (Å²) >= 11 is 0. The van der Waals surface area contributed by atoms with Gasteiger partial charge in [0.1, 0.15) is 6.79 Å². The highest BCUT2D eigenvalue weighted by Crippen LogP contribution is 2.67. The molecule has 0 aliphatic heterocycles. The number of ether oxygens (including phenoxy) is 2. The summed E-state index contributed by atoms with van der Waals surface area (Å²) in [6, 6.07) is 0. The Hall–Kier alpha value is -0.380. The number of allylic oxidation sites excluding steroid dienone is 1. The van der Waals surface area contributed by atoms with Crippen LogP contribution in [0.2, 0.25) is 0 Å². The Morgan fingerprint density at radius 1 is 1.06 bits per heavy atom. The molecular weight excluding hydrogens is 396 g/mol. The van der Waals surface area contributed by atoms with Crippen molar-refractivity contribution >= 4 is 0 Å². The van der Waals surface area contributed by atoms with Crippen LogP contribution in [-0.2, 0) is 9.47 Å². The summed E-state index contributed by atoms with van der Waals surface area (Å²) in [7, 11) is 1.72. The van der Waals surface area contributed by atoms with E-state index in [0.29, 0.717) is 36.3 Å². The van der Waals surface area contributed by atoms with Gasteiger partial charge in [0.25, 0.3) is 0 Å². The molecule has 4 rings (SSSR count). The molecule has 184 valence electrons. The summed E-state index contributed by atoms with van der Waals surface area (Å²) in [4.78, 5) is 0. The number of hydrogen-bond donors (Lipinski definition) is 1. The molecule has 0 amide bonds. The molecule has 0 bridgehead atoms. The lowest BCUT2D eigenvalue weighted by Gasteiger charge is -2.58. The predicted octanol–water partition coefficient (Wildman–Crippen LogP) is 6.99. The number of hydrogen-bond acceptors (Lipinski definition) is 3. The van der Waals surface area contributed by atoms with Crippen molar-refractivity contribution in [1.82, 2.24) is 0 Å². The lowest BCUT2D eigenvalue weighted by Crippen LogP contribution is -2.51. The maximum Gasteiger partial charge on any atom is 0.146 e. The summed E-state index contributed by atoms with van der Waals surface area (Å²) in [5.74, 6) is 4.87. The van der Waals surface area contributed by atoms with Gasteiger partial charge in [-0.15, -0.1) is 0 Å². The van der Waals surface area contributed by atoms with Gasteiger partial charge in [0.15, 0.2) is 0 Å². The molecular formula is C29H50O3. The zero-order valence-corrected chi connectivity index (χ0v) is 21.6. The number of methoxy groups -OCH3 is 1. The van der Waals surface area contributed by atoms with E-state index in [2.05, 4.69) is 33.8 Å². The number of fused-ring (bicyclic) bond motifs is 5. The molecule has 0 saturated heterocycles. The van der Waals surface area contributed by atoms with Crippen molar-refractivity contribution in [3.05, 3.63) is 11.6 Å². The van der Waals surface area contributed by atoms with E-state index in [1.807, 2.05) is 0 Å². The Morgan fingerprint density at radius 3 is 2.62 bits per heavy atom. The van der Waals surface area contributed by atoms with Gasteiger partial charge in [-0.05, 0) is 104 Å². The first-order valence-corrected chi connectivity index (χ1v) is 13.7. The van der Waals surface area contributed by atoms with Gasteiger partial charge in [-0.2, -0.15) is 0 Å². The summed E-state index contributed by atoms with van der Waals surface area (Å²) in [5.41, 5.74) is 2.65. The topological polar surface area (TPSA) is 38.7 Å². The van der Waals surface area contributed by atoms with Crippen molar-refractivity contribution in [1.29, 1.82) is 0 Å². The van der Waals surface area contributed by atoms with Gasteiger partial charge in [0.2, 0.25) is 0 Å². The van der Waals surface area contributed by atoms with E-state index in [-0.39, 0.29) is 0 Å². The predicted molar refractivity (Wildman–Crippen MR) is 131 cm³/mol. The second-order valence-electron chi connectivity index (χ2n) is 12.6. The minimum absolute atomic E-state index is 0.341. The van der Waals surface area contributed by atoms with Crippen LogP contribution in [0.4, 0.5) is 0 Å². The third kappa shape index (κ3) is 4.48. The third-order valence-corrected chi connectivity index (χ3v) is 10.9. The summed E-state index contributed by atoms with van der Waals surface area (Å²) in [6.07, 6.45) is 17.5.